The Labute approximate surface area is 122 Å². The van der Waals surface area contributed by atoms with Crippen LogP contribution in [0.15, 0.2) is 18.2 Å². The van der Waals surface area contributed by atoms with Gasteiger partial charge in [0.15, 0.2) is 0 Å². The number of nitrogens with one attached hydrogen (secondary N) is 1. The molecule has 1 saturated carbocycles. The van der Waals surface area contributed by atoms with Gasteiger partial charge in [0.2, 0.25) is 0 Å². The molecule has 20 heavy (non-hydrogen) atoms. The van der Waals surface area contributed by atoms with Gasteiger partial charge in [-0.25, -0.2) is 4.98 Å². The summed E-state index contributed by atoms with van der Waals surface area (Å²) in [6.45, 7) is 5.55. The molecule has 0 bridgehead atoms. The number of pyridine rings is 1. The van der Waals surface area contributed by atoms with Crippen molar-refractivity contribution in [1.29, 1.82) is 0 Å². The van der Waals surface area contributed by atoms with E-state index in [1.807, 2.05) is 0 Å². The lowest BCUT2D eigenvalue weighted by molar-refractivity contribution is 0.226. The highest BCUT2D eigenvalue weighted by Gasteiger charge is 2.37. The van der Waals surface area contributed by atoms with Gasteiger partial charge < -0.3 is 10.2 Å². The van der Waals surface area contributed by atoms with Crippen molar-refractivity contribution in [2.75, 3.05) is 29.9 Å². The van der Waals surface area contributed by atoms with Gasteiger partial charge in [0.25, 0.3) is 0 Å². The Morgan fingerprint density at radius 1 is 1.15 bits per heavy atom. The lowest BCUT2D eigenvalue weighted by atomic mass is 9.77. The summed E-state index contributed by atoms with van der Waals surface area (Å²) >= 11 is 0. The molecule has 0 aromatic carbocycles. The molecule has 3 rings (SSSR count). The third-order valence-electron chi connectivity index (χ3n) is 5.10. The number of hydrogen-bond acceptors (Lipinski definition) is 3. The summed E-state index contributed by atoms with van der Waals surface area (Å²) in [6, 6.07) is 6.35. The molecular formula is C17H27N3. The Hall–Kier alpha value is -1.25. The highest BCUT2D eigenvalue weighted by atomic mass is 15.2. The van der Waals surface area contributed by atoms with Crippen LogP contribution in [0.25, 0.3) is 0 Å². The monoisotopic (exact) mass is 273 g/mol. The summed E-state index contributed by atoms with van der Waals surface area (Å²) < 4.78 is 0. The molecule has 0 atom stereocenters. The van der Waals surface area contributed by atoms with E-state index in [2.05, 4.69) is 35.3 Å². The topological polar surface area (TPSA) is 28.2 Å². The van der Waals surface area contributed by atoms with Gasteiger partial charge in [0.05, 0.1) is 0 Å². The smallest absolute Gasteiger partial charge is 0.130 e. The van der Waals surface area contributed by atoms with Gasteiger partial charge in [0.1, 0.15) is 11.6 Å². The number of hydrogen-bond donors (Lipinski definition) is 1. The molecule has 1 spiro atoms. The second-order valence-corrected chi connectivity index (χ2v) is 6.50. The van der Waals surface area contributed by atoms with Gasteiger partial charge in [-0.15, -0.1) is 0 Å². The van der Waals surface area contributed by atoms with Crippen molar-refractivity contribution in [1.82, 2.24) is 4.98 Å². The van der Waals surface area contributed by atoms with Gasteiger partial charge in [-0.05, 0) is 49.7 Å². The number of rotatable bonds is 4. The first-order valence-corrected chi connectivity index (χ1v) is 8.27. The molecule has 2 heterocycles. The molecule has 3 heteroatoms. The first-order valence-electron chi connectivity index (χ1n) is 8.27. The molecule has 2 aliphatic rings. The fourth-order valence-corrected chi connectivity index (χ4v) is 3.79. The minimum absolute atomic E-state index is 0.689. The Kier molecular flexibility index (Phi) is 4.13. The zero-order chi connectivity index (χ0) is 13.8. The van der Waals surface area contributed by atoms with Gasteiger partial charge in [-0.2, -0.15) is 0 Å². The highest BCUT2D eigenvalue weighted by Crippen LogP contribution is 2.46. The molecule has 0 amide bonds. The number of piperidine rings is 1. The van der Waals surface area contributed by atoms with E-state index in [-0.39, 0.29) is 0 Å². The Balaban J connectivity index is 1.62. The summed E-state index contributed by atoms with van der Waals surface area (Å²) in [7, 11) is 0. The van der Waals surface area contributed by atoms with Gasteiger partial charge in [-0.3, -0.25) is 0 Å². The van der Waals surface area contributed by atoms with Crippen LogP contribution < -0.4 is 10.2 Å². The van der Waals surface area contributed by atoms with Crippen LogP contribution in [0.2, 0.25) is 0 Å². The summed E-state index contributed by atoms with van der Waals surface area (Å²) in [4.78, 5) is 7.24. The van der Waals surface area contributed by atoms with Crippen molar-refractivity contribution in [3.05, 3.63) is 18.2 Å². The van der Waals surface area contributed by atoms with Crippen LogP contribution in [0.4, 0.5) is 11.6 Å². The Morgan fingerprint density at radius 2 is 1.90 bits per heavy atom. The lowest BCUT2D eigenvalue weighted by Crippen LogP contribution is -2.39. The van der Waals surface area contributed by atoms with E-state index >= 15 is 0 Å². The van der Waals surface area contributed by atoms with Crippen molar-refractivity contribution in [2.45, 2.75) is 51.9 Å². The molecule has 1 aliphatic carbocycles. The van der Waals surface area contributed by atoms with Crippen LogP contribution in [-0.4, -0.2) is 24.6 Å². The maximum atomic E-state index is 4.76. The second kappa shape index (κ2) is 6.02. The minimum atomic E-state index is 0.689. The van der Waals surface area contributed by atoms with Crippen LogP contribution in [0.1, 0.15) is 51.9 Å². The Morgan fingerprint density at radius 3 is 2.60 bits per heavy atom. The quantitative estimate of drug-likeness (QED) is 0.896. The Bertz CT molecular complexity index is 428. The summed E-state index contributed by atoms with van der Waals surface area (Å²) in [5.74, 6) is 2.17. The summed E-state index contributed by atoms with van der Waals surface area (Å²) in [6.07, 6.45) is 9.70. The van der Waals surface area contributed by atoms with E-state index < -0.39 is 0 Å². The molecule has 2 fully saturated rings. The molecule has 0 radical (unpaired) electrons. The zero-order valence-electron chi connectivity index (χ0n) is 12.7. The summed E-state index contributed by atoms with van der Waals surface area (Å²) in [5, 5.41) is 3.38. The van der Waals surface area contributed by atoms with Crippen molar-refractivity contribution in [3.63, 3.8) is 0 Å². The van der Waals surface area contributed by atoms with E-state index in [4.69, 9.17) is 4.98 Å². The average Bonchev–Trinajstić information content (AvgIpc) is 2.94. The SMILES string of the molecule is CCCNc1cccc(N2CCC3(CCCC3)CC2)n1. The van der Waals surface area contributed by atoms with Crippen molar-refractivity contribution < 1.29 is 0 Å². The molecular weight excluding hydrogens is 246 g/mol. The maximum Gasteiger partial charge on any atom is 0.130 e. The third-order valence-corrected chi connectivity index (χ3v) is 5.10. The molecule has 1 aromatic heterocycles. The molecule has 0 unspecified atom stereocenters. The van der Waals surface area contributed by atoms with E-state index in [0.29, 0.717) is 5.41 Å². The van der Waals surface area contributed by atoms with Gasteiger partial charge >= 0.3 is 0 Å². The fourth-order valence-electron chi connectivity index (χ4n) is 3.79. The highest BCUT2D eigenvalue weighted by molar-refractivity contribution is 5.47. The van der Waals surface area contributed by atoms with E-state index in [1.165, 1.54) is 51.6 Å². The van der Waals surface area contributed by atoms with Crippen LogP contribution in [-0.2, 0) is 0 Å². The number of aromatic nitrogens is 1. The standard InChI is InChI=1S/C17H27N3/c1-2-12-18-15-6-5-7-16(19-15)20-13-10-17(11-14-20)8-3-4-9-17/h5-7H,2-4,8-14H2,1H3,(H,18,19). The van der Waals surface area contributed by atoms with Crippen molar-refractivity contribution in [2.24, 2.45) is 5.41 Å². The van der Waals surface area contributed by atoms with Crippen LogP contribution in [0.5, 0.6) is 0 Å². The first-order chi connectivity index (χ1) is 9.81. The molecule has 1 saturated heterocycles. The first kappa shape index (κ1) is 13.7. The molecule has 1 aliphatic heterocycles. The second-order valence-electron chi connectivity index (χ2n) is 6.50. The average molecular weight is 273 g/mol. The van der Waals surface area contributed by atoms with Crippen LogP contribution in [0.3, 0.4) is 0 Å². The third kappa shape index (κ3) is 2.92. The van der Waals surface area contributed by atoms with Gasteiger partial charge in [0, 0.05) is 19.6 Å². The fraction of sp³-hybridized carbons (Fsp3) is 0.706. The van der Waals surface area contributed by atoms with Crippen LogP contribution in [0, 0.1) is 5.41 Å². The van der Waals surface area contributed by atoms with E-state index in [1.54, 1.807) is 0 Å². The van der Waals surface area contributed by atoms with E-state index in [9.17, 15) is 0 Å². The maximum absolute atomic E-state index is 4.76. The van der Waals surface area contributed by atoms with E-state index in [0.717, 1.165) is 24.6 Å². The minimum Gasteiger partial charge on any atom is -0.370 e. The molecule has 3 nitrogen and oxygen atoms in total. The largest absolute Gasteiger partial charge is 0.370 e. The van der Waals surface area contributed by atoms with Crippen molar-refractivity contribution >= 4 is 11.6 Å². The normalized spacial score (nSPS) is 21.4. The number of nitrogens with zero attached hydrogens (tertiary/aromatic N) is 2. The summed E-state index contributed by atoms with van der Waals surface area (Å²) in [5.41, 5.74) is 0.689. The molecule has 110 valence electrons. The van der Waals surface area contributed by atoms with Gasteiger partial charge in [-0.1, -0.05) is 25.8 Å². The van der Waals surface area contributed by atoms with Crippen molar-refractivity contribution in [3.8, 4) is 0 Å². The predicted molar refractivity (Wildman–Crippen MR) is 85.4 cm³/mol. The van der Waals surface area contributed by atoms with Crippen LogP contribution >= 0.6 is 0 Å². The molecule has 1 N–H and O–H groups in total. The zero-order valence-corrected chi connectivity index (χ0v) is 12.7. The molecule has 1 aromatic rings. The lowest BCUT2D eigenvalue weighted by Gasteiger charge is -2.40. The predicted octanol–water partition coefficient (Wildman–Crippen LogP) is 4.06. The number of anilines is 2.